The lowest BCUT2D eigenvalue weighted by atomic mass is 9.87. The standard InChI is InChI=1S/C11H18N4/c1-10(2,3)8-5-11(4)6-13-9(12)15(11)7-14-8/h5,7H,6H2,1-4H3,(H2,12,13). The van der Waals surface area contributed by atoms with E-state index in [1.165, 1.54) is 0 Å². The molecule has 0 radical (unpaired) electrons. The molecule has 2 aliphatic rings. The van der Waals surface area contributed by atoms with E-state index in [0.29, 0.717) is 12.5 Å². The smallest absolute Gasteiger partial charge is 0.197 e. The van der Waals surface area contributed by atoms with Gasteiger partial charge in [-0.05, 0) is 13.0 Å². The molecule has 2 aliphatic heterocycles. The SMILES string of the molecule is CC(C)(C)C1=CC2(C)CN=C(N)N2C=N1. The van der Waals surface area contributed by atoms with Gasteiger partial charge in [0.1, 0.15) is 0 Å². The number of fused-ring (bicyclic) bond motifs is 1. The van der Waals surface area contributed by atoms with Crippen LogP contribution in [0.5, 0.6) is 0 Å². The third-order valence-electron chi connectivity index (χ3n) is 2.89. The van der Waals surface area contributed by atoms with Gasteiger partial charge in [-0.1, -0.05) is 20.8 Å². The molecule has 1 atom stereocenters. The summed E-state index contributed by atoms with van der Waals surface area (Å²) in [5.41, 5.74) is 6.84. The molecule has 0 aliphatic carbocycles. The second kappa shape index (κ2) is 2.84. The van der Waals surface area contributed by atoms with Crippen molar-refractivity contribution < 1.29 is 0 Å². The first kappa shape index (κ1) is 10.2. The second-order valence-electron chi connectivity index (χ2n) is 5.43. The van der Waals surface area contributed by atoms with Crippen LogP contribution in [0.25, 0.3) is 0 Å². The quantitative estimate of drug-likeness (QED) is 0.650. The fourth-order valence-electron chi connectivity index (χ4n) is 1.82. The molecule has 0 amide bonds. The van der Waals surface area contributed by atoms with Crippen molar-refractivity contribution >= 4 is 12.3 Å². The van der Waals surface area contributed by atoms with Gasteiger partial charge < -0.3 is 5.73 Å². The minimum absolute atomic E-state index is 0.0724. The van der Waals surface area contributed by atoms with Gasteiger partial charge in [0.05, 0.1) is 18.4 Å². The van der Waals surface area contributed by atoms with Crippen molar-refractivity contribution in [1.29, 1.82) is 0 Å². The summed E-state index contributed by atoms with van der Waals surface area (Å²) in [5.74, 6) is 0.561. The molecule has 2 rings (SSSR count). The van der Waals surface area contributed by atoms with E-state index in [2.05, 4.69) is 43.8 Å². The number of rotatable bonds is 0. The van der Waals surface area contributed by atoms with Crippen LogP contribution in [0.2, 0.25) is 0 Å². The van der Waals surface area contributed by atoms with Crippen LogP contribution in [0.4, 0.5) is 0 Å². The van der Waals surface area contributed by atoms with E-state index in [-0.39, 0.29) is 11.0 Å². The Morgan fingerprint density at radius 2 is 2.13 bits per heavy atom. The van der Waals surface area contributed by atoms with E-state index in [0.717, 1.165) is 5.70 Å². The van der Waals surface area contributed by atoms with Crippen LogP contribution >= 0.6 is 0 Å². The molecule has 2 heterocycles. The molecule has 0 bridgehead atoms. The lowest BCUT2D eigenvalue weighted by Crippen LogP contribution is -2.49. The zero-order chi connectivity index (χ0) is 11.3. The summed E-state index contributed by atoms with van der Waals surface area (Å²) in [7, 11) is 0. The fourth-order valence-corrected chi connectivity index (χ4v) is 1.82. The van der Waals surface area contributed by atoms with Gasteiger partial charge in [0.2, 0.25) is 0 Å². The summed E-state index contributed by atoms with van der Waals surface area (Å²) < 4.78 is 0. The topological polar surface area (TPSA) is 54.0 Å². The molecule has 0 aromatic heterocycles. The highest BCUT2D eigenvalue weighted by atomic mass is 15.4. The molecule has 2 N–H and O–H groups in total. The minimum atomic E-state index is -0.117. The van der Waals surface area contributed by atoms with Crippen molar-refractivity contribution in [2.75, 3.05) is 6.54 Å². The van der Waals surface area contributed by atoms with E-state index < -0.39 is 0 Å². The van der Waals surface area contributed by atoms with Gasteiger partial charge in [0, 0.05) is 11.1 Å². The third kappa shape index (κ3) is 1.54. The second-order valence-corrected chi connectivity index (χ2v) is 5.43. The van der Waals surface area contributed by atoms with Gasteiger partial charge in [0.15, 0.2) is 5.96 Å². The first-order valence-corrected chi connectivity index (χ1v) is 5.20. The molecule has 4 heteroatoms. The lowest BCUT2D eigenvalue weighted by Gasteiger charge is -2.35. The highest BCUT2D eigenvalue weighted by Crippen LogP contribution is 2.34. The molecule has 15 heavy (non-hydrogen) atoms. The number of hydrogen-bond donors (Lipinski definition) is 1. The molecule has 0 saturated heterocycles. The summed E-state index contributed by atoms with van der Waals surface area (Å²) in [4.78, 5) is 10.6. The molecule has 1 unspecified atom stereocenters. The van der Waals surface area contributed by atoms with Crippen molar-refractivity contribution in [3.8, 4) is 0 Å². The number of hydrogen-bond acceptors (Lipinski definition) is 4. The Kier molecular flexibility index (Phi) is 1.93. The van der Waals surface area contributed by atoms with Crippen molar-refractivity contribution in [3.63, 3.8) is 0 Å². The molecular formula is C11H18N4. The van der Waals surface area contributed by atoms with Crippen LogP contribution in [0.3, 0.4) is 0 Å². The predicted octanol–water partition coefficient (Wildman–Crippen LogP) is 1.35. The predicted molar refractivity (Wildman–Crippen MR) is 62.8 cm³/mol. The summed E-state index contributed by atoms with van der Waals surface area (Å²) in [5, 5.41) is 0. The molecule has 0 aromatic carbocycles. The highest BCUT2D eigenvalue weighted by molar-refractivity contribution is 5.93. The zero-order valence-electron chi connectivity index (χ0n) is 9.78. The Balaban J connectivity index is 2.35. The van der Waals surface area contributed by atoms with E-state index in [1.807, 2.05) is 4.90 Å². The Morgan fingerprint density at radius 3 is 2.73 bits per heavy atom. The molecule has 0 fully saturated rings. The normalized spacial score (nSPS) is 30.0. The van der Waals surface area contributed by atoms with Gasteiger partial charge in [-0.25, -0.2) is 4.99 Å². The van der Waals surface area contributed by atoms with Gasteiger partial charge in [-0.2, -0.15) is 0 Å². The summed E-state index contributed by atoms with van der Waals surface area (Å²) in [6.07, 6.45) is 3.97. The van der Waals surface area contributed by atoms with Crippen molar-refractivity contribution in [2.45, 2.75) is 33.2 Å². The highest BCUT2D eigenvalue weighted by Gasteiger charge is 2.39. The number of aliphatic imine (C=N–C) groups is 2. The van der Waals surface area contributed by atoms with Gasteiger partial charge in [-0.3, -0.25) is 9.89 Å². The Hall–Kier alpha value is -1.32. The van der Waals surface area contributed by atoms with Crippen LogP contribution in [0.1, 0.15) is 27.7 Å². The first-order valence-electron chi connectivity index (χ1n) is 5.20. The largest absolute Gasteiger partial charge is 0.369 e. The summed E-state index contributed by atoms with van der Waals surface area (Å²) in [6.45, 7) is 9.33. The summed E-state index contributed by atoms with van der Waals surface area (Å²) in [6, 6.07) is 0. The van der Waals surface area contributed by atoms with E-state index in [9.17, 15) is 0 Å². The molecule has 0 saturated carbocycles. The molecule has 0 spiro atoms. The monoisotopic (exact) mass is 206 g/mol. The van der Waals surface area contributed by atoms with Crippen molar-refractivity contribution in [2.24, 2.45) is 21.1 Å². The van der Waals surface area contributed by atoms with Crippen molar-refractivity contribution in [1.82, 2.24) is 4.90 Å². The van der Waals surface area contributed by atoms with E-state index in [4.69, 9.17) is 5.73 Å². The molecular weight excluding hydrogens is 188 g/mol. The van der Waals surface area contributed by atoms with Crippen LogP contribution in [0, 0.1) is 5.41 Å². The van der Waals surface area contributed by atoms with E-state index in [1.54, 1.807) is 6.34 Å². The van der Waals surface area contributed by atoms with E-state index >= 15 is 0 Å². The van der Waals surface area contributed by atoms with Gasteiger partial charge in [-0.15, -0.1) is 0 Å². The number of nitrogens with zero attached hydrogens (tertiary/aromatic N) is 3. The maximum absolute atomic E-state index is 5.78. The average molecular weight is 206 g/mol. The minimum Gasteiger partial charge on any atom is -0.369 e. The lowest BCUT2D eigenvalue weighted by molar-refractivity contribution is 0.376. The first-order chi connectivity index (χ1) is 6.83. The molecule has 82 valence electrons. The Labute approximate surface area is 90.6 Å². The Morgan fingerprint density at radius 1 is 1.47 bits per heavy atom. The van der Waals surface area contributed by atoms with Crippen LogP contribution in [0.15, 0.2) is 21.8 Å². The van der Waals surface area contributed by atoms with Crippen molar-refractivity contribution in [3.05, 3.63) is 11.8 Å². The van der Waals surface area contributed by atoms with Gasteiger partial charge >= 0.3 is 0 Å². The average Bonchev–Trinajstić information content (AvgIpc) is 2.40. The Bertz CT molecular complexity index is 373. The molecule has 0 aromatic rings. The van der Waals surface area contributed by atoms with Crippen LogP contribution in [-0.2, 0) is 0 Å². The van der Waals surface area contributed by atoms with Crippen LogP contribution < -0.4 is 5.73 Å². The zero-order valence-corrected chi connectivity index (χ0v) is 9.78. The van der Waals surface area contributed by atoms with Crippen LogP contribution in [-0.4, -0.2) is 29.3 Å². The third-order valence-corrected chi connectivity index (χ3v) is 2.89. The fraction of sp³-hybridized carbons (Fsp3) is 0.636. The number of allylic oxidation sites excluding steroid dienone is 1. The number of nitrogens with two attached hydrogens (primary N) is 1. The number of guanidine groups is 1. The summed E-state index contributed by atoms with van der Waals surface area (Å²) >= 11 is 0. The van der Waals surface area contributed by atoms with Gasteiger partial charge in [0.25, 0.3) is 0 Å². The molecule has 4 nitrogen and oxygen atoms in total. The maximum Gasteiger partial charge on any atom is 0.197 e. The maximum atomic E-state index is 5.78.